The van der Waals surface area contributed by atoms with Gasteiger partial charge in [-0.25, -0.2) is 8.42 Å². The Hall–Kier alpha value is -2.18. The second-order valence-electron chi connectivity index (χ2n) is 7.26. The monoisotopic (exact) mass is 386 g/mol. The zero-order valence-corrected chi connectivity index (χ0v) is 16.8. The molecule has 1 amide bonds. The van der Waals surface area contributed by atoms with Crippen LogP contribution in [-0.4, -0.2) is 31.2 Å². The van der Waals surface area contributed by atoms with E-state index in [1.54, 1.807) is 16.4 Å². The minimum absolute atomic E-state index is 0.0102. The summed E-state index contributed by atoms with van der Waals surface area (Å²) in [4.78, 5) is 12.8. The number of benzene rings is 2. The van der Waals surface area contributed by atoms with Crippen LogP contribution in [0.5, 0.6) is 0 Å². The second-order valence-corrected chi connectivity index (χ2v) is 9.15. The summed E-state index contributed by atoms with van der Waals surface area (Å²) in [5.74, 6) is -0.251. The molecule has 0 aliphatic carbocycles. The minimum atomic E-state index is -3.52. The summed E-state index contributed by atoms with van der Waals surface area (Å²) in [5.41, 5.74) is 3.24. The first kappa shape index (κ1) is 19.6. The van der Waals surface area contributed by atoms with Crippen molar-refractivity contribution < 1.29 is 13.2 Å². The van der Waals surface area contributed by atoms with E-state index in [4.69, 9.17) is 0 Å². The van der Waals surface area contributed by atoms with Crippen molar-refractivity contribution in [2.75, 3.05) is 11.9 Å². The first-order valence-corrected chi connectivity index (χ1v) is 10.7. The van der Waals surface area contributed by atoms with Crippen LogP contribution in [0, 0.1) is 13.8 Å². The van der Waals surface area contributed by atoms with E-state index in [1.807, 2.05) is 39.0 Å². The fraction of sp³-hybridized carbons (Fsp3) is 0.381. The van der Waals surface area contributed by atoms with Crippen molar-refractivity contribution in [2.45, 2.75) is 51.0 Å². The van der Waals surface area contributed by atoms with Gasteiger partial charge in [0.2, 0.25) is 10.0 Å². The standard InChI is InChI=1S/C21H26N2O3S/c1-15-7-8-16(2)20(14-15)22-21(24)18-9-11-19(12-10-18)27(25,26)23-13-5-4-6-17(23)3/h7-12,14,17H,4-6,13H2,1-3H3,(H,22,24). The maximum Gasteiger partial charge on any atom is 0.255 e. The van der Waals surface area contributed by atoms with E-state index in [-0.39, 0.29) is 16.8 Å². The minimum Gasteiger partial charge on any atom is -0.322 e. The summed E-state index contributed by atoms with van der Waals surface area (Å²) in [6.45, 7) is 6.40. The maximum absolute atomic E-state index is 12.9. The van der Waals surface area contributed by atoms with Crippen molar-refractivity contribution in [3.63, 3.8) is 0 Å². The van der Waals surface area contributed by atoms with Gasteiger partial charge in [-0.2, -0.15) is 4.31 Å². The Bertz CT molecular complexity index is 936. The van der Waals surface area contributed by atoms with Gasteiger partial charge in [0.1, 0.15) is 0 Å². The van der Waals surface area contributed by atoms with E-state index >= 15 is 0 Å². The average molecular weight is 387 g/mol. The Kier molecular flexibility index (Phi) is 5.67. The molecule has 1 saturated heterocycles. The van der Waals surface area contributed by atoms with Crippen LogP contribution in [0.3, 0.4) is 0 Å². The molecule has 27 heavy (non-hydrogen) atoms. The van der Waals surface area contributed by atoms with Gasteiger partial charge >= 0.3 is 0 Å². The van der Waals surface area contributed by atoms with Crippen molar-refractivity contribution in [3.05, 3.63) is 59.2 Å². The summed E-state index contributed by atoms with van der Waals surface area (Å²) >= 11 is 0. The fourth-order valence-corrected chi connectivity index (χ4v) is 5.11. The first-order valence-electron chi connectivity index (χ1n) is 9.29. The number of hydrogen-bond acceptors (Lipinski definition) is 3. The number of carbonyl (C=O) groups excluding carboxylic acids is 1. The number of carbonyl (C=O) groups is 1. The zero-order valence-electron chi connectivity index (χ0n) is 16.0. The molecule has 6 heteroatoms. The highest BCUT2D eigenvalue weighted by Crippen LogP contribution is 2.25. The molecule has 1 atom stereocenters. The molecule has 1 heterocycles. The molecule has 3 rings (SSSR count). The molecule has 1 aliphatic heterocycles. The first-order chi connectivity index (χ1) is 12.8. The average Bonchev–Trinajstić information content (AvgIpc) is 2.65. The van der Waals surface area contributed by atoms with Gasteiger partial charge in [0.25, 0.3) is 5.91 Å². The van der Waals surface area contributed by atoms with Crippen molar-refractivity contribution in [2.24, 2.45) is 0 Å². The van der Waals surface area contributed by atoms with Crippen LogP contribution in [0.2, 0.25) is 0 Å². The number of rotatable bonds is 4. The molecule has 1 fully saturated rings. The van der Waals surface area contributed by atoms with Crippen LogP contribution < -0.4 is 5.32 Å². The lowest BCUT2D eigenvalue weighted by Gasteiger charge is -2.32. The third-order valence-electron chi connectivity index (χ3n) is 5.11. The van der Waals surface area contributed by atoms with Crippen LogP contribution in [0.1, 0.15) is 47.7 Å². The van der Waals surface area contributed by atoms with Crippen molar-refractivity contribution in [1.29, 1.82) is 0 Å². The lowest BCUT2D eigenvalue weighted by atomic mass is 10.1. The molecule has 1 aliphatic rings. The highest BCUT2D eigenvalue weighted by atomic mass is 32.2. The molecular formula is C21H26N2O3S. The van der Waals surface area contributed by atoms with Crippen LogP contribution in [0.4, 0.5) is 5.69 Å². The quantitative estimate of drug-likeness (QED) is 0.859. The third kappa shape index (κ3) is 4.22. The van der Waals surface area contributed by atoms with Gasteiger partial charge in [-0.3, -0.25) is 4.79 Å². The number of amides is 1. The molecule has 1 unspecified atom stereocenters. The van der Waals surface area contributed by atoms with Gasteiger partial charge < -0.3 is 5.32 Å². The molecule has 2 aromatic carbocycles. The third-order valence-corrected chi connectivity index (χ3v) is 7.13. The summed E-state index contributed by atoms with van der Waals surface area (Å²) < 4.78 is 27.3. The molecule has 144 valence electrons. The molecule has 1 N–H and O–H groups in total. The predicted octanol–water partition coefficient (Wildman–Crippen LogP) is 4.12. The number of aryl methyl sites for hydroxylation is 2. The van der Waals surface area contributed by atoms with E-state index in [0.717, 1.165) is 36.1 Å². The van der Waals surface area contributed by atoms with E-state index in [0.29, 0.717) is 12.1 Å². The van der Waals surface area contributed by atoms with Gasteiger partial charge in [-0.1, -0.05) is 18.6 Å². The van der Waals surface area contributed by atoms with Gasteiger partial charge in [0.15, 0.2) is 0 Å². The van der Waals surface area contributed by atoms with Crippen molar-refractivity contribution >= 4 is 21.6 Å². The summed E-state index contributed by atoms with van der Waals surface area (Å²) in [6.07, 6.45) is 2.83. The predicted molar refractivity (Wildman–Crippen MR) is 108 cm³/mol. The molecular weight excluding hydrogens is 360 g/mol. The van der Waals surface area contributed by atoms with Gasteiger partial charge in [-0.05, 0) is 75.1 Å². The van der Waals surface area contributed by atoms with Crippen molar-refractivity contribution in [1.82, 2.24) is 4.31 Å². The Labute approximate surface area is 161 Å². The Morgan fingerprint density at radius 1 is 1.07 bits per heavy atom. The van der Waals surface area contributed by atoms with E-state index in [2.05, 4.69) is 5.32 Å². The number of piperidine rings is 1. The number of nitrogens with zero attached hydrogens (tertiary/aromatic N) is 1. The smallest absolute Gasteiger partial charge is 0.255 e. The van der Waals surface area contributed by atoms with Crippen molar-refractivity contribution in [3.8, 4) is 0 Å². The van der Waals surface area contributed by atoms with Crippen LogP contribution in [0.25, 0.3) is 0 Å². The fourth-order valence-electron chi connectivity index (χ4n) is 3.41. The van der Waals surface area contributed by atoms with E-state index in [1.165, 1.54) is 12.1 Å². The highest BCUT2D eigenvalue weighted by molar-refractivity contribution is 7.89. The van der Waals surface area contributed by atoms with Crippen LogP contribution in [-0.2, 0) is 10.0 Å². The summed E-state index contributed by atoms with van der Waals surface area (Å²) in [5, 5.41) is 2.90. The normalized spacial score (nSPS) is 18.3. The number of hydrogen-bond donors (Lipinski definition) is 1. The summed E-state index contributed by atoms with van der Waals surface area (Å²) in [7, 11) is -3.52. The largest absolute Gasteiger partial charge is 0.322 e. The Balaban J connectivity index is 1.78. The van der Waals surface area contributed by atoms with E-state index < -0.39 is 10.0 Å². The van der Waals surface area contributed by atoms with Crippen LogP contribution >= 0.6 is 0 Å². The van der Waals surface area contributed by atoms with Gasteiger partial charge in [-0.15, -0.1) is 0 Å². The number of nitrogens with one attached hydrogen (secondary N) is 1. The maximum atomic E-state index is 12.9. The number of sulfonamides is 1. The van der Waals surface area contributed by atoms with Crippen LogP contribution in [0.15, 0.2) is 47.4 Å². The van der Waals surface area contributed by atoms with Gasteiger partial charge in [0.05, 0.1) is 4.90 Å². The second kappa shape index (κ2) is 7.82. The van der Waals surface area contributed by atoms with Gasteiger partial charge in [0, 0.05) is 23.8 Å². The molecule has 0 spiro atoms. The molecule has 0 radical (unpaired) electrons. The van der Waals surface area contributed by atoms with E-state index in [9.17, 15) is 13.2 Å². The number of anilines is 1. The Morgan fingerprint density at radius 2 is 1.78 bits per heavy atom. The molecule has 0 saturated carbocycles. The SMILES string of the molecule is Cc1ccc(C)c(NC(=O)c2ccc(S(=O)(=O)N3CCCCC3C)cc2)c1. The Morgan fingerprint density at radius 3 is 2.44 bits per heavy atom. The lowest BCUT2D eigenvalue weighted by Crippen LogP contribution is -2.41. The molecule has 5 nitrogen and oxygen atoms in total. The zero-order chi connectivity index (χ0) is 19.6. The topological polar surface area (TPSA) is 66.5 Å². The highest BCUT2D eigenvalue weighted by Gasteiger charge is 2.30. The summed E-state index contributed by atoms with van der Waals surface area (Å²) in [6, 6.07) is 12.1. The molecule has 2 aromatic rings. The molecule has 0 aromatic heterocycles. The molecule has 0 bridgehead atoms. The lowest BCUT2D eigenvalue weighted by molar-refractivity contribution is 0.102.